The molecule has 0 saturated heterocycles. The first-order chi connectivity index (χ1) is 57.7. The monoisotopic (exact) mass is 1490 g/mol. The van der Waals surface area contributed by atoms with E-state index >= 15 is 0 Å². The molecule has 0 atom stereocenters. The summed E-state index contributed by atoms with van der Waals surface area (Å²) in [6.45, 7) is 0. The van der Waals surface area contributed by atoms with Gasteiger partial charge in [0.05, 0.1) is 118 Å². The summed E-state index contributed by atoms with van der Waals surface area (Å²) in [6.07, 6.45) is 31.1. The van der Waals surface area contributed by atoms with Crippen LogP contribution in [0.15, 0.2) is 427 Å². The molecule has 12 nitrogen and oxygen atoms in total. The lowest BCUT2D eigenvalue weighted by Gasteiger charge is -2.36. The molecule has 0 spiro atoms. The molecule has 0 fully saturated rings. The summed E-state index contributed by atoms with van der Waals surface area (Å²) < 4.78 is 0. The molecular formula is C104H70N12. The summed E-state index contributed by atoms with van der Waals surface area (Å²) in [6, 6.07) is 116. The van der Waals surface area contributed by atoms with Gasteiger partial charge in [-0.1, -0.05) is 267 Å². The number of hydrogen-bond acceptors (Lipinski definition) is 12. The third-order valence-electron chi connectivity index (χ3n) is 21.8. The van der Waals surface area contributed by atoms with Crippen LogP contribution in [0.2, 0.25) is 0 Å². The predicted molar refractivity (Wildman–Crippen MR) is 475 cm³/mol. The van der Waals surface area contributed by atoms with Crippen LogP contribution < -0.4 is 19.6 Å². The van der Waals surface area contributed by atoms with E-state index in [1.165, 1.54) is 0 Å². The average molecular weight is 1490 g/mol. The molecule has 0 N–H and O–H groups in total. The molecule has 0 amide bonds. The van der Waals surface area contributed by atoms with E-state index < -0.39 is 0 Å². The van der Waals surface area contributed by atoms with Crippen molar-refractivity contribution in [2.75, 3.05) is 19.6 Å². The molecule has 8 aromatic heterocycles. The summed E-state index contributed by atoms with van der Waals surface area (Å²) in [5, 5.41) is 5.59. The van der Waals surface area contributed by atoms with Gasteiger partial charge >= 0.3 is 0 Å². The maximum Gasteiger partial charge on any atom is 0.0724 e. The molecule has 0 bridgehead atoms. The fourth-order valence-electron chi connectivity index (χ4n) is 16.6. The van der Waals surface area contributed by atoms with Crippen LogP contribution in [0.4, 0.5) is 68.2 Å². The summed E-state index contributed by atoms with van der Waals surface area (Å²) >= 11 is 0. The van der Waals surface area contributed by atoms with Gasteiger partial charge in [0.2, 0.25) is 0 Å². The number of hydrogen-bond donors (Lipinski definition) is 0. The number of anilines is 12. The lowest BCUT2D eigenvalue weighted by atomic mass is 9.88. The molecule has 12 heteroatoms. The Bertz CT molecular complexity index is 5750. The normalized spacial score (nSPS) is 11.3. The Labute approximate surface area is 671 Å². The van der Waals surface area contributed by atoms with E-state index in [9.17, 15) is 0 Å². The van der Waals surface area contributed by atoms with E-state index in [0.29, 0.717) is 0 Å². The second kappa shape index (κ2) is 30.7. The maximum atomic E-state index is 5.12. The molecule has 12 aromatic carbocycles. The first kappa shape index (κ1) is 69.3. The van der Waals surface area contributed by atoms with Gasteiger partial charge in [-0.25, -0.2) is 0 Å². The molecule has 0 aliphatic rings. The topological polar surface area (TPSA) is 116 Å². The molecule has 0 radical (unpaired) electrons. The molecule has 0 unspecified atom stereocenters. The van der Waals surface area contributed by atoms with Crippen molar-refractivity contribution in [3.63, 3.8) is 0 Å². The zero-order valence-corrected chi connectivity index (χ0v) is 62.8. The van der Waals surface area contributed by atoms with Gasteiger partial charge in [-0.15, -0.1) is 0 Å². The minimum absolute atomic E-state index is 0.818. The SMILES string of the molecule is c1ccc(-c2ccncc2N(c2cnccc2-c2ccccc2)c2cc(N(c3cnccc3-c3ccccc3)c3cnccc3-c3ccccc3)c3ccc4c(N(c5cnccc5-c5ccccc5)c5cnccc5-c5ccccc5)cc(N(c5cnccc5-c5ccccc5)c5cnccc5-c5ccccc5)c5ccc2c3c54)cc1. The van der Waals surface area contributed by atoms with Gasteiger partial charge in [0, 0.05) is 126 Å². The Balaban J connectivity index is 1.03. The fraction of sp³-hybridized carbons (Fsp3) is 0. The quantitative estimate of drug-likeness (QED) is 0.0677. The highest BCUT2D eigenvalue weighted by atomic mass is 15.2. The Morgan fingerprint density at radius 1 is 0.138 bits per heavy atom. The number of pyridine rings is 8. The highest BCUT2D eigenvalue weighted by Crippen LogP contribution is 2.59. The summed E-state index contributed by atoms with van der Waals surface area (Å²) in [4.78, 5) is 50.6. The lowest BCUT2D eigenvalue weighted by molar-refractivity contribution is 1.19. The van der Waals surface area contributed by atoms with Crippen LogP contribution in [-0.2, 0) is 0 Å². The standard InChI is InChI=1S/C104H70N12/c1-9-25-71(26-10-1)79-45-53-105-63-95(79)113(96-64-106-54-46-80(96)72-27-11-2-12-28-72)91-61-92(114(97-65-107-55-47-81(97)73-29-13-3-14-30-73)98-66-108-56-48-82(98)74-31-15-4-16-32-74)88-43-44-90-94(116(101-69-111-59-51-85(101)77-37-21-7-22-38-77)102-70-112-60-52-86(102)78-39-23-8-24-40-78)62-93(89-42-41-87(91)103(88)104(89)90)115(99-67-109-57-49-83(99)75-33-17-5-18-34-75)100-68-110-58-50-84(100)76-35-19-6-20-36-76/h1-70H. The zero-order chi connectivity index (χ0) is 77.1. The Kier molecular flexibility index (Phi) is 18.4. The van der Waals surface area contributed by atoms with Gasteiger partial charge in [0.1, 0.15) is 0 Å². The van der Waals surface area contributed by atoms with Crippen molar-refractivity contribution in [3.8, 4) is 89.0 Å². The number of rotatable bonds is 20. The molecular weight excluding hydrogens is 1420 g/mol. The van der Waals surface area contributed by atoms with Crippen molar-refractivity contribution in [2.24, 2.45) is 0 Å². The van der Waals surface area contributed by atoms with Crippen molar-refractivity contribution in [2.45, 2.75) is 0 Å². The summed E-state index contributed by atoms with van der Waals surface area (Å²) in [7, 11) is 0. The van der Waals surface area contributed by atoms with Crippen LogP contribution in [0, 0.1) is 0 Å². The van der Waals surface area contributed by atoms with E-state index in [1.807, 2.05) is 99.1 Å². The minimum Gasteiger partial charge on any atom is -0.305 e. The van der Waals surface area contributed by atoms with Crippen LogP contribution in [0.25, 0.3) is 121 Å². The number of benzene rings is 12. The van der Waals surface area contributed by atoms with Crippen molar-refractivity contribution in [1.82, 2.24) is 39.9 Å². The van der Waals surface area contributed by atoms with Crippen LogP contribution in [-0.4, -0.2) is 39.9 Å². The molecule has 0 saturated carbocycles. The lowest BCUT2D eigenvalue weighted by Crippen LogP contribution is -2.18. The Morgan fingerprint density at radius 2 is 0.276 bits per heavy atom. The van der Waals surface area contributed by atoms with Gasteiger partial charge in [-0.05, 0) is 105 Å². The molecule has 0 aliphatic heterocycles. The van der Waals surface area contributed by atoms with Crippen LogP contribution in [0.1, 0.15) is 0 Å². The van der Waals surface area contributed by atoms with Crippen LogP contribution in [0.3, 0.4) is 0 Å². The molecule has 116 heavy (non-hydrogen) atoms. The largest absolute Gasteiger partial charge is 0.305 e. The molecule has 546 valence electrons. The van der Waals surface area contributed by atoms with E-state index in [2.05, 4.69) is 347 Å². The summed E-state index contributed by atoms with van der Waals surface area (Å²) in [5.41, 5.74) is 25.5. The molecule has 8 heterocycles. The van der Waals surface area contributed by atoms with Crippen molar-refractivity contribution < 1.29 is 0 Å². The molecule has 0 aliphatic carbocycles. The second-order valence-electron chi connectivity index (χ2n) is 28.3. The highest BCUT2D eigenvalue weighted by Gasteiger charge is 2.35. The van der Waals surface area contributed by atoms with Gasteiger partial charge in [0.15, 0.2) is 0 Å². The zero-order valence-electron chi connectivity index (χ0n) is 62.8. The Morgan fingerprint density at radius 3 is 0.414 bits per heavy atom. The first-order valence-corrected chi connectivity index (χ1v) is 38.6. The van der Waals surface area contributed by atoms with Crippen molar-refractivity contribution >= 4 is 101 Å². The number of nitrogens with zero attached hydrogens (tertiary/aromatic N) is 12. The maximum absolute atomic E-state index is 5.12. The van der Waals surface area contributed by atoms with Crippen LogP contribution in [0.5, 0.6) is 0 Å². The van der Waals surface area contributed by atoms with Crippen LogP contribution >= 0.6 is 0 Å². The fourth-order valence-corrected chi connectivity index (χ4v) is 16.6. The van der Waals surface area contributed by atoms with Gasteiger partial charge in [-0.2, -0.15) is 0 Å². The van der Waals surface area contributed by atoms with Crippen molar-refractivity contribution in [3.05, 3.63) is 427 Å². The van der Waals surface area contributed by atoms with E-state index in [4.69, 9.17) is 39.9 Å². The first-order valence-electron chi connectivity index (χ1n) is 38.6. The molecule has 20 aromatic rings. The van der Waals surface area contributed by atoms with E-state index in [-0.39, 0.29) is 0 Å². The molecule has 20 rings (SSSR count). The predicted octanol–water partition coefficient (Wildman–Crippen LogP) is 27.0. The number of aromatic nitrogens is 8. The summed E-state index contributed by atoms with van der Waals surface area (Å²) in [5.74, 6) is 0. The van der Waals surface area contributed by atoms with Gasteiger partial charge in [0.25, 0.3) is 0 Å². The third-order valence-corrected chi connectivity index (χ3v) is 21.8. The van der Waals surface area contributed by atoms with E-state index in [0.717, 1.165) is 190 Å². The van der Waals surface area contributed by atoms with Gasteiger partial charge < -0.3 is 19.6 Å². The smallest absolute Gasteiger partial charge is 0.0724 e. The average Bonchev–Trinajstić information content (AvgIpc) is 0.694. The Hall–Kier alpha value is -15.9. The highest BCUT2D eigenvalue weighted by molar-refractivity contribution is 6.33. The minimum atomic E-state index is 0.818. The van der Waals surface area contributed by atoms with E-state index in [1.54, 1.807) is 0 Å². The third kappa shape index (κ3) is 12.7. The van der Waals surface area contributed by atoms with Crippen molar-refractivity contribution in [1.29, 1.82) is 0 Å². The van der Waals surface area contributed by atoms with Gasteiger partial charge in [-0.3, -0.25) is 39.9 Å². The second-order valence-corrected chi connectivity index (χ2v) is 28.3.